The van der Waals surface area contributed by atoms with E-state index in [4.69, 9.17) is 4.42 Å². The Balaban J connectivity index is 2.22. The maximum absolute atomic E-state index is 12.9. The number of Topliss-reactive ketones (excluding diaryl/α,β-unsaturated/α-hetero) is 1. The minimum atomic E-state index is -0.326. The smallest absolute Gasteiger partial charge is 0.170 e. The molecule has 0 bridgehead atoms. The molecule has 0 unspecified atom stereocenters. The van der Waals surface area contributed by atoms with Crippen LogP contribution >= 0.6 is 15.9 Å². The fourth-order valence-corrected chi connectivity index (χ4v) is 2.10. The van der Waals surface area contributed by atoms with Gasteiger partial charge >= 0.3 is 0 Å². The van der Waals surface area contributed by atoms with Gasteiger partial charge in [-0.25, -0.2) is 4.39 Å². The zero-order valence-corrected chi connectivity index (χ0v) is 10.8. The molecule has 0 aliphatic carbocycles. The molecule has 17 heavy (non-hydrogen) atoms. The highest BCUT2D eigenvalue weighted by Gasteiger charge is 2.13. The van der Waals surface area contributed by atoms with Gasteiger partial charge in [0.25, 0.3) is 0 Å². The van der Waals surface area contributed by atoms with Gasteiger partial charge in [0.05, 0.1) is 11.8 Å². The lowest BCUT2D eigenvalue weighted by atomic mass is 10.0. The number of rotatable bonds is 3. The molecule has 1 heterocycles. The maximum Gasteiger partial charge on any atom is 0.170 e. The predicted molar refractivity (Wildman–Crippen MR) is 65.6 cm³/mol. The molecule has 88 valence electrons. The number of hydrogen-bond donors (Lipinski definition) is 0. The summed E-state index contributed by atoms with van der Waals surface area (Å²) in [6.45, 7) is 1.74. The van der Waals surface area contributed by atoms with Crippen molar-refractivity contribution >= 4 is 21.7 Å². The first kappa shape index (κ1) is 12.0. The molecule has 0 N–H and O–H groups in total. The van der Waals surface area contributed by atoms with E-state index in [1.54, 1.807) is 19.1 Å². The number of halogens is 2. The van der Waals surface area contributed by atoms with Gasteiger partial charge < -0.3 is 4.42 Å². The molecule has 0 aliphatic heterocycles. The fourth-order valence-electron chi connectivity index (χ4n) is 1.61. The summed E-state index contributed by atoms with van der Waals surface area (Å²) >= 11 is 3.24. The molecule has 0 atom stereocenters. The largest absolute Gasteiger partial charge is 0.469 e. The Labute approximate surface area is 107 Å². The number of furan rings is 1. The van der Waals surface area contributed by atoms with E-state index in [9.17, 15) is 9.18 Å². The summed E-state index contributed by atoms with van der Waals surface area (Å²) < 4.78 is 18.6. The van der Waals surface area contributed by atoms with Gasteiger partial charge in [0, 0.05) is 10.9 Å². The average Bonchev–Trinajstić information content (AvgIpc) is 2.68. The van der Waals surface area contributed by atoms with Crippen LogP contribution in [0, 0.1) is 12.7 Å². The van der Waals surface area contributed by atoms with E-state index in [2.05, 4.69) is 15.9 Å². The lowest BCUT2D eigenvalue weighted by molar-refractivity contribution is 0.0991. The Morgan fingerprint density at radius 3 is 2.76 bits per heavy atom. The summed E-state index contributed by atoms with van der Waals surface area (Å²) in [5.41, 5.74) is 1.33. The lowest BCUT2D eigenvalue weighted by Gasteiger charge is -2.03. The van der Waals surface area contributed by atoms with Gasteiger partial charge in [-0.3, -0.25) is 4.79 Å². The van der Waals surface area contributed by atoms with Gasteiger partial charge in [-0.05, 0) is 30.7 Å². The molecular formula is C13H10BrFO2. The summed E-state index contributed by atoms with van der Waals surface area (Å²) in [4.78, 5) is 12.0. The number of ketones is 1. The Kier molecular flexibility index (Phi) is 3.43. The molecule has 0 saturated heterocycles. The Morgan fingerprint density at radius 2 is 2.18 bits per heavy atom. The second kappa shape index (κ2) is 4.84. The Hall–Kier alpha value is -1.42. The SMILES string of the molecule is Cc1occc1C(=O)Cc1ccc(F)cc1Br. The Bertz CT molecular complexity index is 560. The maximum atomic E-state index is 12.9. The van der Waals surface area contributed by atoms with E-state index in [1.807, 2.05) is 0 Å². The van der Waals surface area contributed by atoms with E-state index >= 15 is 0 Å². The topological polar surface area (TPSA) is 30.2 Å². The normalized spacial score (nSPS) is 10.5. The van der Waals surface area contributed by atoms with E-state index in [0.29, 0.717) is 15.8 Å². The van der Waals surface area contributed by atoms with Crippen molar-refractivity contribution in [1.82, 2.24) is 0 Å². The van der Waals surface area contributed by atoms with Crippen LogP contribution in [-0.2, 0) is 6.42 Å². The number of carbonyl (C=O) groups is 1. The lowest BCUT2D eigenvalue weighted by Crippen LogP contribution is -2.04. The van der Waals surface area contributed by atoms with Gasteiger partial charge in [0.15, 0.2) is 5.78 Å². The third-order valence-electron chi connectivity index (χ3n) is 2.53. The minimum Gasteiger partial charge on any atom is -0.469 e. The summed E-state index contributed by atoms with van der Waals surface area (Å²) in [5.74, 6) is 0.240. The van der Waals surface area contributed by atoms with Crippen LogP contribution in [0.25, 0.3) is 0 Å². The fraction of sp³-hybridized carbons (Fsp3) is 0.154. The summed E-state index contributed by atoms with van der Waals surface area (Å²) in [5, 5.41) is 0. The van der Waals surface area contributed by atoms with Crippen LogP contribution in [0.15, 0.2) is 39.4 Å². The van der Waals surface area contributed by atoms with Crippen LogP contribution in [-0.4, -0.2) is 5.78 Å². The van der Waals surface area contributed by atoms with Crippen LogP contribution in [0.5, 0.6) is 0 Å². The molecule has 0 radical (unpaired) electrons. The molecule has 4 heteroatoms. The molecule has 0 amide bonds. The predicted octanol–water partition coefficient (Wildman–Crippen LogP) is 3.92. The highest BCUT2D eigenvalue weighted by atomic mass is 79.9. The number of hydrogen-bond acceptors (Lipinski definition) is 2. The first-order valence-electron chi connectivity index (χ1n) is 5.09. The molecule has 1 aromatic carbocycles. The zero-order valence-electron chi connectivity index (χ0n) is 9.17. The first-order valence-corrected chi connectivity index (χ1v) is 5.88. The molecule has 2 aromatic rings. The van der Waals surface area contributed by atoms with E-state index in [1.165, 1.54) is 18.4 Å². The third-order valence-corrected chi connectivity index (χ3v) is 3.26. The van der Waals surface area contributed by atoms with Crippen LogP contribution in [0.3, 0.4) is 0 Å². The van der Waals surface area contributed by atoms with Gasteiger partial charge in [0.1, 0.15) is 11.6 Å². The second-order valence-corrected chi connectivity index (χ2v) is 4.58. The van der Waals surface area contributed by atoms with Gasteiger partial charge in [-0.1, -0.05) is 22.0 Å². The number of carbonyl (C=O) groups excluding carboxylic acids is 1. The number of aryl methyl sites for hydroxylation is 1. The van der Waals surface area contributed by atoms with Crippen molar-refractivity contribution in [2.75, 3.05) is 0 Å². The molecule has 2 rings (SSSR count). The van der Waals surface area contributed by atoms with E-state index in [-0.39, 0.29) is 18.0 Å². The highest BCUT2D eigenvalue weighted by molar-refractivity contribution is 9.10. The first-order chi connectivity index (χ1) is 8.08. The molecule has 0 spiro atoms. The van der Waals surface area contributed by atoms with Crippen molar-refractivity contribution < 1.29 is 13.6 Å². The summed E-state index contributed by atoms with van der Waals surface area (Å²) in [7, 11) is 0. The van der Waals surface area contributed by atoms with Crippen molar-refractivity contribution in [3.63, 3.8) is 0 Å². The van der Waals surface area contributed by atoms with Crippen molar-refractivity contribution in [2.24, 2.45) is 0 Å². The van der Waals surface area contributed by atoms with Crippen molar-refractivity contribution in [3.8, 4) is 0 Å². The van der Waals surface area contributed by atoms with E-state index < -0.39 is 0 Å². The van der Waals surface area contributed by atoms with Gasteiger partial charge in [-0.15, -0.1) is 0 Å². The molecule has 2 nitrogen and oxygen atoms in total. The van der Waals surface area contributed by atoms with Crippen LogP contribution < -0.4 is 0 Å². The molecule has 0 saturated carbocycles. The zero-order chi connectivity index (χ0) is 12.4. The van der Waals surface area contributed by atoms with Gasteiger partial charge in [-0.2, -0.15) is 0 Å². The monoisotopic (exact) mass is 296 g/mol. The average molecular weight is 297 g/mol. The highest BCUT2D eigenvalue weighted by Crippen LogP contribution is 2.21. The van der Waals surface area contributed by atoms with Crippen LogP contribution in [0.4, 0.5) is 4.39 Å². The van der Waals surface area contributed by atoms with Gasteiger partial charge in [0.2, 0.25) is 0 Å². The summed E-state index contributed by atoms with van der Waals surface area (Å²) in [6, 6.07) is 5.95. The standard InChI is InChI=1S/C13H10BrFO2/c1-8-11(4-5-17-8)13(16)6-9-2-3-10(15)7-12(9)14/h2-5,7H,6H2,1H3. The van der Waals surface area contributed by atoms with Crippen LogP contribution in [0.1, 0.15) is 21.7 Å². The number of benzene rings is 1. The summed E-state index contributed by atoms with van der Waals surface area (Å²) in [6.07, 6.45) is 1.71. The molecular weight excluding hydrogens is 287 g/mol. The minimum absolute atomic E-state index is 0.0384. The van der Waals surface area contributed by atoms with Crippen LogP contribution in [0.2, 0.25) is 0 Å². The quantitative estimate of drug-likeness (QED) is 0.804. The van der Waals surface area contributed by atoms with E-state index in [0.717, 1.165) is 5.56 Å². The molecule has 1 aromatic heterocycles. The third kappa shape index (κ3) is 2.64. The van der Waals surface area contributed by atoms with Crippen molar-refractivity contribution in [3.05, 3.63) is 57.7 Å². The molecule has 0 aliphatic rings. The molecule has 0 fully saturated rings. The van der Waals surface area contributed by atoms with Crippen molar-refractivity contribution in [2.45, 2.75) is 13.3 Å². The van der Waals surface area contributed by atoms with Crippen molar-refractivity contribution in [1.29, 1.82) is 0 Å². The Morgan fingerprint density at radius 1 is 1.41 bits per heavy atom. The second-order valence-electron chi connectivity index (χ2n) is 3.73.